The summed E-state index contributed by atoms with van der Waals surface area (Å²) >= 11 is 0. The first-order valence-corrected chi connectivity index (χ1v) is 8.09. The molecule has 0 saturated heterocycles. The topological polar surface area (TPSA) is 20.2 Å². The number of benzene rings is 1. The van der Waals surface area contributed by atoms with Gasteiger partial charge in [-0.2, -0.15) is 0 Å². The Bertz CT molecular complexity index is 573. The fourth-order valence-corrected chi connectivity index (χ4v) is 5.48. The molecular weight excluding hydrogens is 244 g/mol. The second-order valence-corrected chi connectivity index (χ2v) is 7.40. The summed E-state index contributed by atoms with van der Waals surface area (Å²) in [5.74, 6) is 2.83. The molecule has 1 aromatic carbocycles. The number of hydrogen-bond donors (Lipinski definition) is 1. The van der Waals surface area contributed by atoms with Crippen LogP contribution in [0.5, 0.6) is 5.75 Å². The van der Waals surface area contributed by atoms with Crippen molar-refractivity contribution < 1.29 is 5.11 Å². The summed E-state index contributed by atoms with van der Waals surface area (Å²) in [6, 6.07) is 6.06. The normalized spacial score (nSPS) is 39.0. The average Bonchev–Trinajstić information content (AvgIpc) is 2.74. The second kappa shape index (κ2) is 4.13. The van der Waals surface area contributed by atoms with Crippen LogP contribution in [0, 0.1) is 17.3 Å². The highest BCUT2D eigenvalue weighted by Crippen LogP contribution is 2.62. The molecule has 0 radical (unpaired) electrons. The molecular formula is C19H24O. The number of rotatable bonds is 0. The number of fused-ring (bicyclic) bond motifs is 5. The number of aromatic hydroxyl groups is 1. The fourth-order valence-electron chi connectivity index (χ4n) is 5.48. The first-order chi connectivity index (χ1) is 9.59. The van der Waals surface area contributed by atoms with Crippen molar-refractivity contribution in [3.05, 3.63) is 41.5 Å². The molecule has 106 valence electrons. The monoisotopic (exact) mass is 268 g/mol. The Labute approximate surface area is 121 Å². The van der Waals surface area contributed by atoms with E-state index in [2.05, 4.69) is 19.6 Å². The summed E-state index contributed by atoms with van der Waals surface area (Å²) in [7, 11) is 0. The van der Waals surface area contributed by atoms with Crippen molar-refractivity contribution in [1.29, 1.82) is 0 Å². The van der Waals surface area contributed by atoms with Crippen molar-refractivity contribution in [3.63, 3.8) is 0 Å². The van der Waals surface area contributed by atoms with Crippen LogP contribution in [-0.4, -0.2) is 5.11 Å². The lowest BCUT2D eigenvalue weighted by atomic mass is 9.55. The van der Waals surface area contributed by atoms with E-state index in [0.29, 0.717) is 11.2 Å². The fraction of sp³-hybridized carbons (Fsp3) is 0.579. The van der Waals surface area contributed by atoms with Gasteiger partial charge in [-0.3, -0.25) is 0 Å². The molecule has 3 aliphatic rings. The number of aryl methyl sites for hydroxylation is 1. The van der Waals surface area contributed by atoms with Crippen molar-refractivity contribution in [1.82, 2.24) is 0 Å². The molecule has 0 aromatic heterocycles. The molecule has 1 unspecified atom stereocenters. The van der Waals surface area contributed by atoms with Gasteiger partial charge in [0, 0.05) is 0 Å². The molecule has 0 spiro atoms. The van der Waals surface area contributed by atoms with Crippen LogP contribution >= 0.6 is 0 Å². The molecule has 0 heterocycles. The van der Waals surface area contributed by atoms with Crippen molar-refractivity contribution in [2.75, 3.05) is 0 Å². The highest BCUT2D eigenvalue weighted by molar-refractivity contribution is 5.40. The van der Waals surface area contributed by atoms with E-state index >= 15 is 0 Å². The zero-order valence-electron chi connectivity index (χ0n) is 12.4. The average molecular weight is 268 g/mol. The molecule has 1 N–H and O–H groups in total. The third-order valence-corrected chi connectivity index (χ3v) is 6.66. The SMILES string of the molecule is C=C1CC[C@H]2C3CCc4cc(O)ccc4[C@H]3CC[C@]12C. The lowest BCUT2D eigenvalue weighted by Crippen LogP contribution is -2.40. The van der Waals surface area contributed by atoms with Crippen molar-refractivity contribution >= 4 is 0 Å². The maximum Gasteiger partial charge on any atom is 0.115 e. The van der Waals surface area contributed by atoms with Gasteiger partial charge in [-0.1, -0.05) is 25.1 Å². The Morgan fingerprint density at radius 1 is 1.20 bits per heavy atom. The molecule has 0 aliphatic heterocycles. The minimum absolute atomic E-state index is 0.412. The first-order valence-electron chi connectivity index (χ1n) is 8.09. The predicted octanol–water partition coefficient (Wildman–Crippen LogP) is 4.80. The van der Waals surface area contributed by atoms with Gasteiger partial charge in [-0.05, 0) is 85.0 Å². The van der Waals surface area contributed by atoms with Crippen LogP contribution in [0.15, 0.2) is 30.4 Å². The number of allylic oxidation sites excluding steroid dienone is 1. The van der Waals surface area contributed by atoms with Crippen LogP contribution in [0.2, 0.25) is 0 Å². The van der Waals surface area contributed by atoms with Crippen molar-refractivity contribution in [3.8, 4) is 5.75 Å². The molecule has 2 fully saturated rings. The van der Waals surface area contributed by atoms with Crippen LogP contribution in [0.4, 0.5) is 0 Å². The highest BCUT2D eigenvalue weighted by atomic mass is 16.3. The second-order valence-electron chi connectivity index (χ2n) is 7.40. The van der Waals surface area contributed by atoms with Crippen molar-refractivity contribution in [2.45, 2.75) is 51.4 Å². The van der Waals surface area contributed by atoms with E-state index in [0.717, 1.165) is 24.2 Å². The zero-order valence-corrected chi connectivity index (χ0v) is 12.4. The molecule has 0 amide bonds. The quantitative estimate of drug-likeness (QED) is 0.670. The van der Waals surface area contributed by atoms with Crippen molar-refractivity contribution in [2.24, 2.45) is 17.3 Å². The number of hydrogen-bond acceptors (Lipinski definition) is 1. The van der Waals surface area contributed by atoms with E-state index in [-0.39, 0.29) is 0 Å². The standard InChI is InChI=1S/C19H24O/c1-12-3-8-18-17-6-4-13-11-14(20)5-7-15(13)16(17)9-10-19(12,18)2/h5,7,11,16-18,20H,1,3-4,6,8-10H2,2H3/t16-,17?,18+,19-/m1/s1. The molecule has 4 rings (SSSR count). The number of phenols is 1. The Kier molecular flexibility index (Phi) is 2.58. The predicted molar refractivity (Wildman–Crippen MR) is 81.9 cm³/mol. The van der Waals surface area contributed by atoms with E-state index in [1.807, 2.05) is 12.1 Å². The molecule has 1 aromatic rings. The van der Waals surface area contributed by atoms with Gasteiger partial charge in [0.25, 0.3) is 0 Å². The van der Waals surface area contributed by atoms with Gasteiger partial charge in [-0.25, -0.2) is 0 Å². The summed E-state index contributed by atoms with van der Waals surface area (Å²) in [5.41, 5.74) is 4.85. The first kappa shape index (κ1) is 12.5. The molecule has 4 atom stereocenters. The van der Waals surface area contributed by atoms with Gasteiger partial charge in [0.05, 0.1) is 0 Å². The lowest BCUT2D eigenvalue weighted by molar-refractivity contribution is 0.0816. The van der Waals surface area contributed by atoms with E-state index < -0.39 is 0 Å². The summed E-state index contributed by atoms with van der Waals surface area (Å²) in [6.45, 7) is 6.84. The Morgan fingerprint density at radius 3 is 2.90 bits per heavy atom. The maximum atomic E-state index is 9.70. The van der Waals surface area contributed by atoms with Gasteiger partial charge >= 0.3 is 0 Å². The van der Waals surface area contributed by atoms with Crippen LogP contribution in [0.1, 0.15) is 56.1 Å². The lowest BCUT2D eigenvalue weighted by Gasteiger charge is -2.49. The molecule has 0 bridgehead atoms. The minimum Gasteiger partial charge on any atom is -0.508 e. The van der Waals surface area contributed by atoms with E-state index in [4.69, 9.17) is 0 Å². The molecule has 1 nitrogen and oxygen atoms in total. The molecule has 1 heteroatoms. The van der Waals surface area contributed by atoms with Gasteiger partial charge in [0.15, 0.2) is 0 Å². The van der Waals surface area contributed by atoms with Crippen LogP contribution in [-0.2, 0) is 6.42 Å². The minimum atomic E-state index is 0.412. The highest BCUT2D eigenvalue weighted by Gasteiger charge is 2.51. The van der Waals surface area contributed by atoms with Gasteiger partial charge in [-0.15, -0.1) is 0 Å². The summed E-state index contributed by atoms with van der Waals surface area (Å²) in [6.07, 6.45) is 7.64. The van der Waals surface area contributed by atoms with E-state index in [9.17, 15) is 5.11 Å². The Balaban J connectivity index is 1.73. The van der Waals surface area contributed by atoms with Gasteiger partial charge < -0.3 is 5.11 Å². The van der Waals surface area contributed by atoms with Crippen LogP contribution in [0.25, 0.3) is 0 Å². The Hall–Kier alpha value is -1.24. The summed E-state index contributed by atoms with van der Waals surface area (Å²) in [4.78, 5) is 0. The third kappa shape index (κ3) is 1.55. The zero-order chi connectivity index (χ0) is 13.9. The maximum absolute atomic E-state index is 9.70. The summed E-state index contributed by atoms with van der Waals surface area (Å²) < 4.78 is 0. The third-order valence-electron chi connectivity index (χ3n) is 6.66. The van der Waals surface area contributed by atoms with Gasteiger partial charge in [0.1, 0.15) is 5.75 Å². The van der Waals surface area contributed by atoms with Crippen LogP contribution in [0.3, 0.4) is 0 Å². The van der Waals surface area contributed by atoms with Gasteiger partial charge in [0.2, 0.25) is 0 Å². The summed E-state index contributed by atoms with van der Waals surface area (Å²) in [5, 5.41) is 9.70. The molecule has 3 aliphatic carbocycles. The molecule has 2 saturated carbocycles. The van der Waals surface area contributed by atoms with Crippen LogP contribution < -0.4 is 0 Å². The van der Waals surface area contributed by atoms with E-state index in [1.165, 1.54) is 48.8 Å². The molecule has 20 heavy (non-hydrogen) atoms. The van der Waals surface area contributed by atoms with E-state index in [1.54, 1.807) is 0 Å². The smallest absolute Gasteiger partial charge is 0.115 e. The largest absolute Gasteiger partial charge is 0.508 e. The Morgan fingerprint density at radius 2 is 2.05 bits per heavy atom. The number of phenolic OH excluding ortho intramolecular Hbond substituents is 1.